The van der Waals surface area contributed by atoms with Crippen molar-refractivity contribution in [1.29, 1.82) is 0 Å². The molecule has 1 amide bonds. The SMILES string of the molecule is CN1CCC(n2cnc(Cl)c(Br)c2=O)C1=O. The first-order chi connectivity index (χ1) is 7.52. The number of likely N-dealkylation sites (N-methyl/N-ethyl adjacent to an activating group) is 1. The molecule has 1 saturated heterocycles. The second kappa shape index (κ2) is 4.18. The van der Waals surface area contributed by atoms with Crippen molar-refractivity contribution in [1.82, 2.24) is 14.5 Å². The Morgan fingerprint density at radius 1 is 1.56 bits per heavy atom. The van der Waals surface area contributed by atoms with E-state index in [1.807, 2.05) is 0 Å². The molecular weight excluding hydrogens is 297 g/mol. The Morgan fingerprint density at radius 2 is 2.25 bits per heavy atom. The third kappa shape index (κ3) is 1.76. The van der Waals surface area contributed by atoms with Gasteiger partial charge in [0.05, 0.1) is 0 Å². The summed E-state index contributed by atoms with van der Waals surface area (Å²) in [5, 5.41) is 0.111. The van der Waals surface area contributed by atoms with E-state index in [2.05, 4.69) is 20.9 Å². The molecule has 1 atom stereocenters. The van der Waals surface area contributed by atoms with Gasteiger partial charge in [-0.15, -0.1) is 0 Å². The van der Waals surface area contributed by atoms with Crippen molar-refractivity contribution in [2.75, 3.05) is 13.6 Å². The van der Waals surface area contributed by atoms with Gasteiger partial charge < -0.3 is 4.90 Å². The maximum Gasteiger partial charge on any atom is 0.269 e. The lowest BCUT2D eigenvalue weighted by Crippen LogP contribution is -2.31. The van der Waals surface area contributed by atoms with Crippen LogP contribution in [0.4, 0.5) is 0 Å². The van der Waals surface area contributed by atoms with Gasteiger partial charge in [0, 0.05) is 13.6 Å². The zero-order valence-electron chi connectivity index (χ0n) is 8.48. The van der Waals surface area contributed by atoms with Crippen LogP contribution < -0.4 is 5.56 Å². The minimum absolute atomic E-state index is 0.0712. The third-order valence-electron chi connectivity index (χ3n) is 2.63. The number of likely N-dealkylation sites (tertiary alicyclic amines) is 1. The first kappa shape index (κ1) is 11.6. The largest absolute Gasteiger partial charge is 0.344 e. The van der Waals surface area contributed by atoms with Crippen molar-refractivity contribution in [2.24, 2.45) is 0 Å². The lowest BCUT2D eigenvalue weighted by atomic mass is 10.2. The van der Waals surface area contributed by atoms with Crippen LogP contribution in [0.3, 0.4) is 0 Å². The van der Waals surface area contributed by atoms with Crippen LogP contribution in [0.15, 0.2) is 15.6 Å². The average Bonchev–Trinajstić information content (AvgIpc) is 2.58. The molecule has 2 rings (SSSR count). The molecule has 1 aliphatic rings. The Bertz CT molecular complexity index is 502. The highest BCUT2D eigenvalue weighted by Gasteiger charge is 2.31. The van der Waals surface area contributed by atoms with E-state index < -0.39 is 6.04 Å². The Morgan fingerprint density at radius 3 is 2.81 bits per heavy atom. The van der Waals surface area contributed by atoms with Gasteiger partial charge in [-0.05, 0) is 22.4 Å². The van der Waals surface area contributed by atoms with Crippen molar-refractivity contribution in [3.05, 3.63) is 26.3 Å². The van der Waals surface area contributed by atoms with Crippen LogP contribution in [0.25, 0.3) is 0 Å². The van der Waals surface area contributed by atoms with E-state index in [0.29, 0.717) is 13.0 Å². The molecule has 2 heterocycles. The van der Waals surface area contributed by atoms with Gasteiger partial charge in [-0.3, -0.25) is 14.2 Å². The van der Waals surface area contributed by atoms with Gasteiger partial charge in [0.25, 0.3) is 5.56 Å². The molecule has 1 aliphatic heterocycles. The Labute approximate surface area is 105 Å². The maximum atomic E-state index is 11.8. The second-order valence-corrected chi connectivity index (χ2v) is 4.78. The van der Waals surface area contributed by atoms with Gasteiger partial charge in [0.2, 0.25) is 5.91 Å². The molecule has 1 aromatic heterocycles. The summed E-state index contributed by atoms with van der Waals surface area (Å²) in [4.78, 5) is 29.0. The highest BCUT2D eigenvalue weighted by molar-refractivity contribution is 9.10. The van der Waals surface area contributed by atoms with Crippen molar-refractivity contribution in [2.45, 2.75) is 12.5 Å². The predicted octanol–water partition coefficient (Wildman–Crippen LogP) is 1.06. The summed E-state index contributed by atoms with van der Waals surface area (Å²) in [6.45, 7) is 0.649. The molecule has 7 heteroatoms. The summed E-state index contributed by atoms with van der Waals surface area (Å²) in [7, 11) is 1.71. The molecule has 1 unspecified atom stereocenters. The highest BCUT2D eigenvalue weighted by atomic mass is 79.9. The monoisotopic (exact) mass is 305 g/mol. The van der Waals surface area contributed by atoms with Crippen molar-refractivity contribution in [3.63, 3.8) is 0 Å². The normalized spacial score (nSPS) is 20.6. The number of amides is 1. The van der Waals surface area contributed by atoms with Crippen LogP contribution in [-0.4, -0.2) is 34.0 Å². The molecule has 86 valence electrons. The van der Waals surface area contributed by atoms with E-state index in [1.54, 1.807) is 11.9 Å². The van der Waals surface area contributed by atoms with Crippen LogP contribution >= 0.6 is 27.5 Å². The summed E-state index contributed by atoms with van der Waals surface area (Å²) in [5.41, 5.74) is -0.325. The molecule has 5 nitrogen and oxygen atoms in total. The summed E-state index contributed by atoms with van der Waals surface area (Å²) in [6.07, 6.45) is 1.93. The smallest absolute Gasteiger partial charge is 0.269 e. The number of hydrogen-bond donors (Lipinski definition) is 0. The predicted molar refractivity (Wildman–Crippen MR) is 62.5 cm³/mol. The fourth-order valence-electron chi connectivity index (χ4n) is 1.71. The summed E-state index contributed by atoms with van der Waals surface area (Å²) in [5.74, 6) is -0.0712. The molecule has 0 N–H and O–H groups in total. The van der Waals surface area contributed by atoms with E-state index in [0.717, 1.165) is 0 Å². The van der Waals surface area contributed by atoms with E-state index in [9.17, 15) is 9.59 Å². The van der Waals surface area contributed by atoms with Crippen LogP contribution in [0.2, 0.25) is 5.15 Å². The molecule has 0 aliphatic carbocycles. The lowest BCUT2D eigenvalue weighted by Gasteiger charge is -2.13. The zero-order chi connectivity index (χ0) is 11.9. The third-order valence-corrected chi connectivity index (χ3v) is 3.86. The number of carbonyl (C=O) groups excluding carboxylic acids is 1. The van der Waals surface area contributed by atoms with E-state index >= 15 is 0 Å². The zero-order valence-corrected chi connectivity index (χ0v) is 10.8. The molecule has 1 aromatic rings. The van der Waals surface area contributed by atoms with Crippen LogP contribution in [-0.2, 0) is 4.79 Å². The molecule has 0 spiro atoms. The van der Waals surface area contributed by atoms with Gasteiger partial charge in [-0.25, -0.2) is 4.98 Å². The molecule has 1 fully saturated rings. The van der Waals surface area contributed by atoms with Gasteiger partial charge in [0.15, 0.2) is 5.15 Å². The average molecular weight is 307 g/mol. The summed E-state index contributed by atoms with van der Waals surface area (Å²) in [6, 6.07) is -0.460. The van der Waals surface area contributed by atoms with Crippen LogP contribution in [0, 0.1) is 0 Å². The molecular formula is C9H9BrClN3O2. The lowest BCUT2D eigenvalue weighted by molar-refractivity contribution is -0.129. The van der Waals surface area contributed by atoms with Gasteiger partial charge in [-0.2, -0.15) is 0 Å². The van der Waals surface area contributed by atoms with Gasteiger partial charge in [-0.1, -0.05) is 11.6 Å². The number of halogens is 2. The van der Waals surface area contributed by atoms with E-state index in [-0.39, 0.29) is 21.1 Å². The first-order valence-corrected chi connectivity index (χ1v) is 5.86. The Kier molecular flexibility index (Phi) is 3.03. The molecule has 0 radical (unpaired) electrons. The Balaban J connectivity index is 2.47. The van der Waals surface area contributed by atoms with Gasteiger partial charge >= 0.3 is 0 Å². The first-order valence-electron chi connectivity index (χ1n) is 4.69. The molecule has 0 saturated carbocycles. The fourth-order valence-corrected chi connectivity index (χ4v) is 2.14. The van der Waals surface area contributed by atoms with E-state index in [1.165, 1.54) is 10.9 Å². The fraction of sp³-hybridized carbons (Fsp3) is 0.444. The quantitative estimate of drug-likeness (QED) is 0.729. The van der Waals surface area contributed by atoms with E-state index in [4.69, 9.17) is 11.6 Å². The summed E-state index contributed by atoms with van der Waals surface area (Å²) >= 11 is 8.75. The number of rotatable bonds is 1. The topological polar surface area (TPSA) is 55.2 Å². The van der Waals surface area contributed by atoms with Crippen molar-refractivity contribution in [3.8, 4) is 0 Å². The number of aromatic nitrogens is 2. The highest BCUT2D eigenvalue weighted by Crippen LogP contribution is 2.22. The number of hydrogen-bond acceptors (Lipinski definition) is 3. The molecule has 0 aromatic carbocycles. The minimum atomic E-state index is -0.460. The standard InChI is InChI=1S/C9H9BrClN3O2/c1-13-3-2-5(8(13)15)14-4-12-7(11)6(10)9(14)16/h4-5H,2-3H2,1H3. The Hall–Kier alpha value is -0.880. The minimum Gasteiger partial charge on any atom is -0.344 e. The maximum absolute atomic E-state index is 11.8. The van der Waals surface area contributed by atoms with Crippen molar-refractivity contribution < 1.29 is 4.79 Å². The van der Waals surface area contributed by atoms with Crippen LogP contribution in [0.5, 0.6) is 0 Å². The summed E-state index contributed by atoms with van der Waals surface area (Å²) < 4.78 is 1.51. The van der Waals surface area contributed by atoms with Gasteiger partial charge in [0.1, 0.15) is 16.8 Å². The van der Waals surface area contributed by atoms with Crippen molar-refractivity contribution >= 4 is 33.4 Å². The number of nitrogens with zero attached hydrogens (tertiary/aromatic N) is 3. The number of carbonyl (C=O) groups is 1. The molecule has 0 bridgehead atoms. The van der Waals surface area contributed by atoms with Crippen LogP contribution in [0.1, 0.15) is 12.5 Å². The molecule has 16 heavy (non-hydrogen) atoms. The second-order valence-electron chi connectivity index (χ2n) is 3.63.